The van der Waals surface area contributed by atoms with Gasteiger partial charge < -0.3 is 9.32 Å². The average molecular weight is 300 g/mol. The first kappa shape index (κ1) is 13.7. The summed E-state index contributed by atoms with van der Waals surface area (Å²) in [4.78, 5) is 13.8. The van der Waals surface area contributed by atoms with Gasteiger partial charge in [-0.15, -0.1) is 0 Å². The Morgan fingerprint density at radius 3 is 2.57 bits per heavy atom. The number of hydrogen-bond acceptors (Lipinski definition) is 2. The van der Waals surface area contributed by atoms with Crippen molar-refractivity contribution in [3.05, 3.63) is 71.1 Å². The molecule has 2 aromatic carbocycles. The number of hydrogen-bond donors (Lipinski definition) is 0. The Balaban J connectivity index is 1.79. The molecule has 1 aromatic heterocycles. The average Bonchev–Trinajstić information content (AvgIpc) is 2.93. The second kappa shape index (κ2) is 5.62. The van der Waals surface area contributed by atoms with Crippen molar-refractivity contribution >= 4 is 28.3 Å². The summed E-state index contributed by atoms with van der Waals surface area (Å²) in [5, 5.41) is 2.57. The highest BCUT2D eigenvalue weighted by Gasteiger charge is 2.15. The van der Waals surface area contributed by atoms with Crippen LogP contribution in [-0.2, 0) is 6.54 Å². The molecule has 3 aromatic rings. The maximum absolute atomic E-state index is 12.2. The van der Waals surface area contributed by atoms with Crippen molar-refractivity contribution in [2.75, 3.05) is 7.05 Å². The minimum atomic E-state index is -0.185. The first-order chi connectivity index (χ1) is 10.1. The second-order valence-corrected chi connectivity index (χ2v) is 5.32. The molecule has 1 heterocycles. The molecule has 0 unspecified atom stereocenters. The van der Waals surface area contributed by atoms with Crippen LogP contribution in [0.1, 0.15) is 16.1 Å². The normalized spacial score (nSPS) is 10.8. The molecule has 0 fully saturated rings. The fourth-order valence-electron chi connectivity index (χ4n) is 2.30. The predicted octanol–water partition coefficient (Wildman–Crippen LogP) is 4.36. The van der Waals surface area contributed by atoms with Crippen LogP contribution < -0.4 is 0 Å². The number of benzene rings is 2. The van der Waals surface area contributed by atoms with Crippen LogP contribution in [0, 0.1) is 0 Å². The van der Waals surface area contributed by atoms with Crippen LogP contribution in [0.5, 0.6) is 0 Å². The molecule has 3 nitrogen and oxygen atoms in total. The number of carbonyl (C=O) groups excluding carboxylic acids is 1. The smallest absolute Gasteiger partial charge is 0.289 e. The SMILES string of the molecule is CN(Cc1ccc2ccccc2c1)C(=O)c1ccc(Cl)o1. The van der Waals surface area contributed by atoms with E-state index < -0.39 is 0 Å². The Labute approximate surface area is 127 Å². The number of furan rings is 1. The lowest BCUT2D eigenvalue weighted by Crippen LogP contribution is -2.25. The van der Waals surface area contributed by atoms with Gasteiger partial charge in [0.15, 0.2) is 11.0 Å². The number of halogens is 1. The van der Waals surface area contributed by atoms with Crippen molar-refractivity contribution in [2.24, 2.45) is 0 Å². The van der Waals surface area contributed by atoms with Crippen molar-refractivity contribution < 1.29 is 9.21 Å². The molecule has 0 saturated carbocycles. The molecule has 0 N–H and O–H groups in total. The third-order valence-corrected chi connectivity index (χ3v) is 3.57. The van der Waals surface area contributed by atoms with Crippen LogP contribution in [0.4, 0.5) is 0 Å². The van der Waals surface area contributed by atoms with Gasteiger partial charge in [-0.2, -0.15) is 0 Å². The summed E-state index contributed by atoms with van der Waals surface area (Å²) in [5.74, 6) is 0.0679. The van der Waals surface area contributed by atoms with Crippen molar-refractivity contribution in [3.8, 4) is 0 Å². The molecular formula is C17H14ClNO2. The first-order valence-corrected chi connectivity index (χ1v) is 7.00. The Hall–Kier alpha value is -2.26. The third kappa shape index (κ3) is 2.93. The maximum atomic E-state index is 12.2. The zero-order valence-corrected chi connectivity index (χ0v) is 12.3. The zero-order valence-electron chi connectivity index (χ0n) is 11.5. The summed E-state index contributed by atoms with van der Waals surface area (Å²) in [7, 11) is 1.74. The summed E-state index contributed by atoms with van der Waals surface area (Å²) in [6.45, 7) is 0.516. The van der Waals surface area contributed by atoms with Gasteiger partial charge in [0.05, 0.1) is 0 Å². The Morgan fingerprint density at radius 1 is 1.10 bits per heavy atom. The summed E-state index contributed by atoms with van der Waals surface area (Å²) in [5.41, 5.74) is 1.07. The Bertz CT molecular complexity index is 794. The van der Waals surface area contributed by atoms with Crippen LogP contribution in [0.15, 0.2) is 59.0 Å². The van der Waals surface area contributed by atoms with E-state index in [1.807, 2.05) is 18.2 Å². The molecule has 0 radical (unpaired) electrons. The van der Waals surface area contributed by atoms with E-state index in [1.165, 1.54) is 5.39 Å². The third-order valence-electron chi connectivity index (χ3n) is 3.36. The van der Waals surface area contributed by atoms with Gasteiger partial charge in [-0.05, 0) is 46.1 Å². The monoisotopic (exact) mass is 299 g/mol. The van der Waals surface area contributed by atoms with Crippen molar-refractivity contribution in [1.29, 1.82) is 0 Å². The zero-order chi connectivity index (χ0) is 14.8. The molecule has 3 rings (SSSR count). The van der Waals surface area contributed by atoms with Crippen molar-refractivity contribution in [2.45, 2.75) is 6.54 Å². The fraction of sp³-hybridized carbons (Fsp3) is 0.118. The van der Waals surface area contributed by atoms with Gasteiger partial charge >= 0.3 is 0 Å². The molecule has 0 aliphatic carbocycles. The number of carbonyl (C=O) groups is 1. The molecule has 4 heteroatoms. The van der Waals surface area contributed by atoms with Gasteiger partial charge in [0.2, 0.25) is 0 Å². The molecule has 106 valence electrons. The number of nitrogens with zero attached hydrogens (tertiary/aromatic N) is 1. The minimum Gasteiger partial charge on any atom is -0.440 e. The summed E-state index contributed by atoms with van der Waals surface area (Å²) < 4.78 is 5.15. The van der Waals surface area contributed by atoms with E-state index in [9.17, 15) is 4.79 Å². The standard InChI is InChI=1S/C17H14ClNO2/c1-19(17(20)15-8-9-16(18)21-15)11-12-6-7-13-4-2-3-5-14(13)10-12/h2-10H,11H2,1H3. The lowest BCUT2D eigenvalue weighted by atomic mass is 10.1. The van der Waals surface area contributed by atoms with Crippen molar-refractivity contribution in [3.63, 3.8) is 0 Å². The number of rotatable bonds is 3. The molecule has 0 saturated heterocycles. The maximum Gasteiger partial charge on any atom is 0.289 e. The molecule has 1 amide bonds. The first-order valence-electron chi connectivity index (χ1n) is 6.62. The van der Waals surface area contributed by atoms with Crippen LogP contribution in [0.25, 0.3) is 10.8 Å². The van der Waals surface area contributed by atoms with E-state index in [1.54, 1.807) is 24.1 Å². The van der Waals surface area contributed by atoms with Crippen LogP contribution in [-0.4, -0.2) is 17.9 Å². The lowest BCUT2D eigenvalue weighted by molar-refractivity contribution is 0.0753. The van der Waals surface area contributed by atoms with Gasteiger partial charge in [0.1, 0.15) is 0 Å². The van der Waals surface area contributed by atoms with E-state index in [0.29, 0.717) is 6.54 Å². The van der Waals surface area contributed by atoms with Gasteiger partial charge in [-0.1, -0.05) is 36.4 Å². The topological polar surface area (TPSA) is 33.5 Å². The number of amides is 1. The minimum absolute atomic E-state index is 0.185. The molecule has 0 atom stereocenters. The van der Waals surface area contributed by atoms with Gasteiger partial charge in [0, 0.05) is 13.6 Å². The predicted molar refractivity (Wildman–Crippen MR) is 83.5 cm³/mol. The molecule has 0 bridgehead atoms. The Kier molecular flexibility index (Phi) is 3.67. The molecule has 0 aliphatic rings. The molecule has 0 aliphatic heterocycles. The van der Waals surface area contributed by atoms with E-state index in [-0.39, 0.29) is 16.9 Å². The van der Waals surface area contributed by atoms with Gasteiger partial charge in [-0.3, -0.25) is 4.79 Å². The van der Waals surface area contributed by atoms with Crippen LogP contribution in [0.3, 0.4) is 0 Å². The highest BCUT2D eigenvalue weighted by atomic mass is 35.5. The Morgan fingerprint density at radius 2 is 1.86 bits per heavy atom. The molecule has 21 heavy (non-hydrogen) atoms. The molecule has 0 spiro atoms. The highest BCUT2D eigenvalue weighted by molar-refractivity contribution is 6.29. The second-order valence-electron chi connectivity index (χ2n) is 4.95. The summed E-state index contributed by atoms with van der Waals surface area (Å²) in [6.07, 6.45) is 0. The summed E-state index contributed by atoms with van der Waals surface area (Å²) >= 11 is 5.70. The van der Waals surface area contributed by atoms with Crippen LogP contribution in [0.2, 0.25) is 5.22 Å². The number of fused-ring (bicyclic) bond motifs is 1. The highest BCUT2D eigenvalue weighted by Crippen LogP contribution is 2.18. The van der Waals surface area contributed by atoms with E-state index >= 15 is 0 Å². The summed E-state index contributed by atoms with van der Waals surface area (Å²) in [6, 6.07) is 17.5. The fourth-order valence-corrected chi connectivity index (χ4v) is 2.45. The largest absolute Gasteiger partial charge is 0.440 e. The van der Waals surface area contributed by atoms with E-state index in [2.05, 4.69) is 24.3 Å². The van der Waals surface area contributed by atoms with Gasteiger partial charge in [0.25, 0.3) is 5.91 Å². The van der Waals surface area contributed by atoms with Crippen LogP contribution >= 0.6 is 11.6 Å². The van der Waals surface area contributed by atoms with E-state index in [4.69, 9.17) is 16.0 Å². The van der Waals surface area contributed by atoms with Crippen molar-refractivity contribution in [1.82, 2.24) is 4.90 Å². The lowest BCUT2D eigenvalue weighted by Gasteiger charge is -2.16. The molecular weight excluding hydrogens is 286 g/mol. The van der Waals surface area contributed by atoms with Gasteiger partial charge in [-0.25, -0.2) is 0 Å². The quantitative estimate of drug-likeness (QED) is 0.720. The van der Waals surface area contributed by atoms with E-state index in [0.717, 1.165) is 10.9 Å².